The summed E-state index contributed by atoms with van der Waals surface area (Å²) in [6.45, 7) is 7.65. The minimum atomic E-state index is 0. The molecule has 148 valence electrons. The Balaban J connectivity index is 0.00000261. The van der Waals surface area contributed by atoms with Crippen LogP contribution < -0.4 is 5.32 Å². The van der Waals surface area contributed by atoms with Gasteiger partial charge in [-0.1, -0.05) is 24.3 Å². The number of hydrogen-bond acceptors (Lipinski definition) is 3. The van der Waals surface area contributed by atoms with E-state index in [4.69, 9.17) is 9.41 Å². The van der Waals surface area contributed by atoms with Crippen LogP contribution in [0.2, 0.25) is 0 Å². The average Bonchev–Trinajstić information content (AvgIpc) is 3.33. The van der Waals surface area contributed by atoms with Crippen molar-refractivity contribution in [2.45, 2.75) is 39.4 Å². The first-order valence-corrected chi connectivity index (χ1v) is 9.57. The third-order valence-corrected chi connectivity index (χ3v) is 4.70. The van der Waals surface area contributed by atoms with Crippen LogP contribution in [0.25, 0.3) is 0 Å². The normalized spacial score (nSPS) is 14.5. The zero-order valence-electron chi connectivity index (χ0n) is 16.4. The SMILES string of the molecule is CCNC(=NCc1ccccc1CN(C)Cc1ccco1)N1CCCC1.I. The molecule has 1 aromatic heterocycles. The summed E-state index contributed by atoms with van der Waals surface area (Å²) in [6, 6.07) is 12.6. The number of nitrogens with one attached hydrogen (secondary N) is 1. The Bertz CT molecular complexity index is 696. The summed E-state index contributed by atoms with van der Waals surface area (Å²) in [6.07, 6.45) is 4.25. The van der Waals surface area contributed by atoms with Crippen LogP contribution in [0.1, 0.15) is 36.7 Å². The van der Waals surface area contributed by atoms with Crippen molar-refractivity contribution in [2.24, 2.45) is 4.99 Å². The van der Waals surface area contributed by atoms with E-state index in [1.165, 1.54) is 24.0 Å². The fourth-order valence-electron chi connectivity index (χ4n) is 3.40. The fourth-order valence-corrected chi connectivity index (χ4v) is 3.40. The second-order valence-electron chi connectivity index (χ2n) is 6.88. The average molecular weight is 482 g/mol. The van der Waals surface area contributed by atoms with Gasteiger partial charge >= 0.3 is 0 Å². The highest BCUT2D eigenvalue weighted by Crippen LogP contribution is 2.15. The summed E-state index contributed by atoms with van der Waals surface area (Å²) in [7, 11) is 2.12. The molecule has 1 N–H and O–H groups in total. The molecule has 2 heterocycles. The topological polar surface area (TPSA) is 44.0 Å². The third kappa shape index (κ3) is 6.53. The first kappa shape index (κ1) is 21.8. The van der Waals surface area contributed by atoms with Gasteiger partial charge in [0.2, 0.25) is 0 Å². The molecule has 0 radical (unpaired) electrons. The molecule has 1 aliphatic heterocycles. The molecule has 0 unspecified atom stereocenters. The molecular formula is C21H31IN4O. The summed E-state index contributed by atoms with van der Waals surface area (Å²) < 4.78 is 5.46. The molecule has 2 aromatic rings. The molecular weight excluding hydrogens is 451 g/mol. The van der Waals surface area contributed by atoms with Crippen molar-refractivity contribution >= 4 is 29.9 Å². The molecule has 5 nitrogen and oxygen atoms in total. The van der Waals surface area contributed by atoms with Crippen LogP contribution in [0.15, 0.2) is 52.1 Å². The highest BCUT2D eigenvalue weighted by atomic mass is 127. The minimum absolute atomic E-state index is 0. The molecule has 0 atom stereocenters. The van der Waals surface area contributed by atoms with Gasteiger partial charge in [-0.05, 0) is 50.1 Å². The van der Waals surface area contributed by atoms with E-state index in [-0.39, 0.29) is 24.0 Å². The molecule has 1 aliphatic rings. The monoisotopic (exact) mass is 482 g/mol. The Labute approximate surface area is 179 Å². The quantitative estimate of drug-likeness (QED) is 0.367. The molecule has 3 rings (SSSR count). The van der Waals surface area contributed by atoms with Crippen LogP contribution in [0, 0.1) is 0 Å². The zero-order valence-corrected chi connectivity index (χ0v) is 18.7. The van der Waals surface area contributed by atoms with E-state index in [1.807, 2.05) is 12.1 Å². The van der Waals surface area contributed by atoms with E-state index in [9.17, 15) is 0 Å². The standard InChI is InChI=1S/C21H30N4O.HI/c1-3-22-21(25-12-6-7-13-25)23-15-18-9-4-5-10-19(18)16-24(2)17-20-11-8-14-26-20;/h4-5,8-11,14H,3,6-7,12-13,15-17H2,1-2H3,(H,22,23);1H. The van der Waals surface area contributed by atoms with E-state index in [2.05, 4.69) is 53.4 Å². The molecule has 6 heteroatoms. The molecule has 27 heavy (non-hydrogen) atoms. The second-order valence-corrected chi connectivity index (χ2v) is 6.88. The Hall–Kier alpha value is -1.54. The van der Waals surface area contributed by atoms with E-state index >= 15 is 0 Å². The number of nitrogens with zero attached hydrogens (tertiary/aromatic N) is 3. The van der Waals surface area contributed by atoms with Crippen molar-refractivity contribution in [1.82, 2.24) is 15.1 Å². The van der Waals surface area contributed by atoms with Crippen LogP contribution in [0.4, 0.5) is 0 Å². The van der Waals surface area contributed by atoms with Crippen molar-refractivity contribution in [3.05, 3.63) is 59.5 Å². The molecule has 0 saturated carbocycles. The number of likely N-dealkylation sites (tertiary alicyclic amines) is 1. The summed E-state index contributed by atoms with van der Waals surface area (Å²) in [5.74, 6) is 2.04. The van der Waals surface area contributed by atoms with E-state index in [0.29, 0.717) is 6.54 Å². The largest absolute Gasteiger partial charge is 0.468 e. The maximum Gasteiger partial charge on any atom is 0.194 e. The summed E-state index contributed by atoms with van der Waals surface area (Å²) in [5.41, 5.74) is 2.61. The lowest BCUT2D eigenvalue weighted by molar-refractivity contribution is 0.287. The maximum atomic E-state index is 5.46. The highest BCUT2D eigenvalue weighted by Gasteiger charge is 2.15. The van der Waals surface area contributed by atoms with Crippen molar-refractivity contribution < 1.29 is 4.42 Å². The lowest BCUT2D eigenvalue weighted by Gasteiger charge is -2.21. The molecule has 1 fully saturated rings. The van der Waals surface area contributed by atoms with Gasteiger partial charge in [0, 0.05) is 26.2 Å². The van der Waals surface area contributed by atoms with Gasteiger partial charge in [0.25, 0.3) is 0 Å². The predicted octanol–water partition coefficient (Wildman–Crippen LogP) is 4.09. The molecule has 0 bridgehead atoms. The van der Waals surface area contributed by atoms with Gasteiger partial charge in [0.15, 0.2) is 5.96 Å². The van der Waals surface area contributed by atoms with Gasteiger partial charge < -0.3 is 14.6 Å². The van der Waals surface area contributed by atoms with E-state index < -0.39 is 0 Å². The molecule has 0 amide bonds. The molecule has 0 aliphatic carbocycles. The molecule has 1 saturated heterocycles. The summed E-state index contributed by atoms with van der Waals surface area (Å²) >= 11 is 0. The number of aliphatic imine (C=N–C) groups is 1. The zero-order chi connectivity index (χ0) is 18.2. The number of hydrogen-bond donors (Lipinski definition) is 1. The van der Waals surface area contributed by atoms with E-state index in [1.54, 1.807) is 6.26 Å². The number of guanidine groups is 1. The maximum absolute atomic E-state index is 5.46. The molecule has 1 aromatic carbocycles. The minimum Gasteiger partial charge on any atom is -0.468 e. The Kier molecular flexibility index (Phi) is 9.14. The number of furan rings is 1. The Morgan fingerprint density at radius 2 is 1.85 bits per heavy atom. The summed E-state index contributed by atoms with van der Waals surface area (Å²) in [4.78, 5) is 9.54. The summed E-state index contributed by atoms with van der Waals surface area (Å²) in [5, 5.41) is 3.44. The van der Waals surface area contributed by atoms with Crippen LogP contribution in [-0.2, 0) is 19.6 Å². The number of rotatable bonds is 7. The van der Waals surface area contributed by atoms with Gasteiger partial charge in [-0.15, -0.1) is 24.0 Å². The van der Waals surface area contributed by atoms with Gasteiger partial charge in [-0.25, -0.2) is 4.99 Å². The van der Waals surface area contributed by atoms with Crippen molar-refractivity contribution in [3.8, 4) is 0 Å². The smallest absolute Gasteiger partial charge is 0.194 e. The van der Waals surface area contributed by atoms with Crippen LogP contribution in [0.3, 0.4) is 0 Å². The van der Waals surface area contributed by atoms with Gasteiger partial charge in [0.05, 0.1) is 19.4 Å². The van der Waals surface area contributed by atoms with E-state index in [0.717, 1.165) is 44.4 Å². The first-order chi connectivity index (χ1) is 12.8. The lowest BCUT2D eigenvalue weighted by Crippen LogP contribution is -2.39. The van der Waals surface area contributed by atoms with Crippen LogP contribution in [0.5, 0.6) is 0 Å². The van der Waals surface area contributed by atoms with Gasteiger partial charge in [0.1, 0.15) is 5.76 Å². The van der Waals surface area contributed by atoms with Crippen molar-refractivity contribution in [3.63, 3.8) is 0 Å². The number of benzene rings is 1. The van der Waals surface area contributed by atoms with Gasteiger partial charge in [-0.2, -0.15) is 0 Å². The highest BCUT2D eigenvalue weighted by molar-refractivity contribution is 14.0. The fraction of sp³-hybridized carbons (Fsp3) is 0.476. The third-order valence-electron chi connectivity index (χ3n) is 4.70. The van der Waals surface area contributed by atoms with Crippen LogP contribution in [-0.4, -0.2) is 42.4 Å². The first-order valence-electron chi connectivity index (χ1n) is 9.57. The Morgan fingerprint density at radius 1 is 1.11 bits per heavy atom. The van der Waals surface area contributed by atoms with Crippen LogP contribution >= 0.6 is 24.0 Å². The lowest BCUT2D eigenvalue weighted by atomic mass is 10.1. The van der Waals surface area contributed by atoms with Gasteiger partial charge in [-0.3, -0.25) is 4.90 Å². The number of halogens is 1. The second kappa shape index (κ2) is 11.3. The Morgan fingerprint density at radius 3 is 2.52 bits per heavy atom. The predicted molar refractivity (Wildman–Crippen MR) is 121 cm³/mol. The van der Waals surface area contributed by atoms with Crippen molar-refractivity contribution in [1.29, 1.82) is 0 Å². The van der Waals surface area contributed by atoms with Crippen molar-refractivity contribution in [2.75, 3.05) is 26.7 Å². The molecule has 0 spiro atoms.